The zero-order valence-electron chi connectivity index (χ0n) is 11.3. The van der Waals surface area contributed by atoms with E-state index in [1.54, 1.807) is 7.11 Å². The molecule has 1 rings (SSSR count). The Morgan fingerprint density at radius 1 is 1.24 bits per heavy atom. The topological polar surface area (TPSA) is 38.5 Å². The first-order chi connectivity index (χ1) is 8.08. The lowest BCUT2D eigenvalue weighted by molar-refractivity contribution is 0.255. The SMILES string of the molecule is COc1ccc(C(CC(C)CN)N(C)C)cc1. The third kappa shape index (κ3) is 4.02. The molecule has 0 spiro atoms. The van der Waals surface area contributed by atoms with Gasteiger partial charge in [-0.1, -0.05) is 19.1 Å². The highest BCUT2D eigenvalue weighted by Crippen LogP contribution is 2.26. The fourth-order valence-electron chi connectivity index (χ4n) is 1.95. The van der Waals surface area contributed by atoms with Gasteiger partial charge >= 0.3 is 0 Å². The summed E-state index contributed by atoms with van der Waals surface area (Å²) in [5.41, 5.74) is 7.02. The Labute approximate surface area is 105 Å². The minimum Gasteiger partial charge on any atom is -0.497 e. The lowest BCUT2D eigenvalue weighted by Crippen LogP contribution is -2.24. The third-order valence-corrected chi connectivity index (χ3v) is 3.15. The van der Waals surface area contributed by atoms with E-state index < -0.39 is 0 Å². The molecule has 0 heterocycles. The number of rotatable bonds is 6. The molecule has 2 N–H and O–H groups in total. The normalized spacial score (nSPS) is 14.7. The molecule has 0 aliphatic rings. The van der Waals surface area contributed by atoms with Gasteiger partial charge in [0.15, 0.2) is 0 Å². The second-order valence-corrected chi connectivity index (χ2v) is 4.83. The molecule has 0 amide bonds. The molecule has 0 radical (unpaired) electrons. The van der Waals surface area contributed by atoms with E-state index in [9.17, 15) is 0 Å². The minimum absolute atomic E-state index is 0.416. The molecule has 0 aliphatic carbocycles. The van der Waals surface area contributed by atoms with Crippen molar-refractivity contribution in [2.75, 3.05) is 27.7 Å². The van der Waals surface area contributed by atoms with Gasteiger partial charge in [0.2, 0.25) is 0 Å². The molecule has 17 heavy (non-hydrogen) atoms. The highest BCUT2D eigenvalue weighted by atomic mass is 16.5. The van der Waals surface area contributed by atoms with Crippen LogP contribution in [-0.4, -0.2) is 32.6 Å². The molecule has 2 unspecified atom stereocenters. The molecule has 1 aromatic rings. The van der Waals surface area contributed by atoms with Crippen LogP contribution in [0.5, 0.6) is 5.75 Å². The van der Waals surface area contributed by atoms with Crippen molar-refractivity contribution in [1.29, 1.82) is 0 Å². The van der Waals surface area contributed by atoms with E-state index in [0.29, 0.717) is 12.0 Å². The maximum absolute atomic E-state index is 5.71. The van der Waals surface area contributed by atoms with Crippen LogP contribution in [0.1, 0.15) is 24.9 Å². The van der Waals surface area contributed by atoms with Gasteiger partial charge in [0.1, 0.15) is 5.75 Å². The first-order valence-corrected chi connectivity index (χ1v) is 6.09. The van der Waals surface area contributed by atoms with Crippen molar-refractivity contribution in [2.24, 2.45) is 11.7 Å². The second kappa shape index (κ2) is 6.62. The molecule has 0 fully saturated rings. The molecule has 96 valence electrons. The Morgan fingerprint density at radius 2 is 1.82 bits per heavy atom. The summed E-state index contributed by atoms with van der Waals surface area (Å²) in [5, 5.41) is 0. The summed E-state index contributed by atoms with van der Waals surface area (Å²) in [6.45, 7) is 2.93. The standard InChI is InChI=1S/C14H24N2O/c1-11(10-15)9-14(16(2)3)12-5-7-13(17-4)8-6-12/h5-8,11,14H,9-10,15H2,1-4H3. The lowest BCUT2D eigenvalue weighted by atomic mass is 9.95. The summed E-state index contributed by atoms with van der Waals surface area (Å²) in [5.74, 6) is 1.43. The molecule has 0 aliphatic heterocycles. The van der Waals surface area contributed by atoms with Crippen molar-refractivity contribution < 1.29 is 4.74 Å². The largest absolute Gasteiger partial charge is 0.497 e. The van der Waals surface area contributed by atoms with Crippen LogP contribution in [0.25, 0.3) is 0 Å². The van der Waals surface area contributed by atoms with Crippen molar-refractivity contribution in [3.63, 3.8) is 0 Å². The molecule has 0 bridgehead atoms. The van der Waals surface area contributed by atoms with Crippen LogP contribution in [0.4, 0.5) is 0 Å². The van der Waals surface area contributed by atoms with Crippen molar-refractivity contribution in [2.45, 2.75) is 19.4 Å². The molecular weight excluding hydrogens is 212 g/mol. The van der Waals surface area contributed by atoms with Gasteiger partial charge < -0.3 is 15.4 Å². The molecular formula is C14H24N2O. The summed E-state index contributed by atoms with van der Waals surface area (Å²) in [4.78, 5) is 2.24. The average Bonchev–Trinajstić information content (AvgIpc) is 2.35. The Morgan fingerprint density at radius 3 is 2.24 bits per heavy atom. The van der Waals surface area contributed by atoms with Crippen LogP contribution in [0, 0.1) is 5.92 Å². The van der Waals surface area contributed by atoms with E-state index in [1.807, 2.05) is 12.1 Å². The molecule has 0 saturated carbocycles. The first kappa shape index (κ1) is 14.0. The first-order valence-electron chi connectivity index (χ1n) is 6.09. The van der Waals surface area contributed by atoms with Crippen LogP contribution in [0.2, 0.25) is 0 Å². The molecule has 3 heteroatoms. The van der Waals surface area contributed by atoms with Gasteiger partial charge in [0, 0.05) is 6.04 Å². The van der Waals surface area contributed by atoms with Gasteiger partial charge in [-0.3, -0.25) is 0 Å². The molecule has 2 atom stereocenters. The maximum Gasteiger partial charge on any atom is 0.118 e. The summed E-state index contributed by atoms with van der Waals surface area (Å²) in [6, 6.07) is 8.71. The molecule has 0 saturated heterocycles. The summed E-state index contributed by atoms with van der Waals surface area (Å²) < 4.78 is 5.18. The number of nitrogens with two attached hydrogens (primary N) is 1. The van der Waals surface area contributed by atoms with Crippen molar-refractivity contribution in [3.8, 4) is 5.75 Å². The van der Waals surface area contributed by atoms with Crippen molar-refractivity contribution >= 4 is 0 Å². The third-order valence-electron chi connectivity index (χ3n) is 3.15. The number of hydrogen-bond acceptors (Lipinski definition) is 3. The van der Waals surface area contributed by atoms with Gasteiger partial charge in [0.25, 0.3) is 0 Å². The fourth-order valence-corrected chi connectivity index (χ4v) is 1.95. The minimum atomic E-state index is 0.416. The number of benzene rings is 1. The summed E-state index contributed by atoms with van der Waals surface area (Å²) in [6.07, 6.45) is 1.08. The molecule has 3 nitrogen and oxygen atoms in total. The zero-order chi connectivity index (χ0) is 12.8. The van der Waals surface area contributed by atoms with E-state index in [0.717, 1.165) is 18.7 Å². The van der Waals surface area contributed by atoms with E-state index in [2.05, 4.69) is 38.1 Å². The van der Waals surface area contributed by atoms with E-state index in [4.69, 9.17) is 10.5 Å². The zero-order valence-corrected chi connectivity index (χ0v) is 11.3. The van der Waals surface area contributed by atoms with Crippen molar-refractivity contribution in [3.05, 3.63) is 29.8 Å². The van der Waals surface area contributed by atoms with E-state index >= 15 is 0 Å². The Balaban J connectivity index is 2.81. The highest BCUT2D eigenvalue weighted by molar-refractivity contribution is 5.29. The lowest BCUT2D eigenvalue weighted by Gasteiger charge is -2.27. The predicted octanol–water partition coefficient (Wildman–Crippen LogP) is 2.28. The highest BCUT2D eigenvalue weighted by Gasteiger charge is 2.16. The van der Waals surface area contributed by atoms with Gasteiger partial charge in [-0.05, 0) is 50.7 Å². The number of nitrogens with zero attached hydrogens (tertiary/aromatic N) is 1. The Kier molecular flexibility index (Phi) is 5.45. The van der Waals surface area contributed by atoms with Crippen LogP contribution in [-0.2, 0) is 0 Å². The monoisotopic (exact) mass is 236 g/mol. The van der Waals surface area contributed by atoms with Crippen LogP contribution in [0.15, 0.2) is 24.3 Å². The number of hydrogen-bond donors (Lipinski definition) is 1. The van der Waals surface area contributed by atoms with Gasteiger partial charge in [0.05, 0.1) is 7.11 Å². The Bertz CT molecular complexity index is 321. The van der Waals surface area contributed by atoms with Crippen LogP contribution >= 0.6 is 0 Å². The molecule has 1 aromatic carbocycles. The maximum atomic E-state index is 5.71. The van der Waals surface area contributed by atoms with Crippen molar-refractivity contribution in [1.82, 2.24) is 4.90 Å². The summed E-state index contributed by atoms with van der Waals surface area (Å²) >= 11 is 0. The van der Waals surface area contributed by atoms with E-state index in [1.165, 1.54) is 5.56 Å². The Hall–Kier alpha value is -1.06. The van der Waals surface area contributed by atoms with Crippen LogP contribution < -0.4 is 10.5 Å². The second-order valence-electron chi connectivity index (χ2n) is 4.83. The summed E-state index contributed by atoms with van der Waals surface area (Å²) in [7, 11) is 5.91. The predicted molar refractivity (Wildman–Crippen MR) is 72.3 cm³/mol. The average molecular weight is 236 g/mol. The van der Waals surface area contributed by atoms with Gasteiger partial charge in [-0.15, -0.1) is 0 Å². The van der Waals surface area contributed by atoms with Crippen LogP contribution in [0.3, 0.4) is 0 Å². The molecule has 0 aromatic heterocycles. The van der Waals surface area contributed by atoms with Gasteiger partial charge in [-0.25, -0.2) is 0 Å². The fraction of sp³-hybridized carbons (Fsp3) is 0.571. The number of methoxy groups -OCH3 is 1. The smallest absolute Gasteiger partial charge is 0.118 e. The quantitative estimate of drug-likeness (QED) is 0.823. The van der Waals surface area contributed by atoms with Gasteiger partial charge in [-0.2, -0.15) is 0 Å². The van der Waals surface area contributed by atoms with E-state index in [-0.39, 0.29) is 0 Å². The number of ether oxygens (including phenoxy) is 1.